The minimum Gasteiger partial charge on any atom is -0.390 e. The summed E-state index contributed by atoms with van der Waals surface area (Å²) in [6.07, 6.45) is 3.70. The van der Waals surface area contributed by atoms with Gasteiger partial charge in [-0.1, -0.05) is 7.43 Å². The van der Waals surface area contributed by atoms with Crippen molar-refractivity contribution in [3.63, 3.8) is 0 Å². The predicted molar refractivity (Wildman–Crippen MR) is 139 cm³/mol. The molecule has 9 heteroatoms. The molecule has 9 nitrogen and oxygen atoms in total. The summed E-state index contributed by atoms with van der Waals surface area (Å²) in [6.45, 7) is 9.40. The van der Waals surface area contributed by atoms with Crippen LogP contribution in [-0.2, 0) is 11.3 Å². The monoisotopic (exact) mass is 479 g/mol. The third-order valence-electron chi connectivity index (χ3n) is 6.91. The van der Waals surface area contributed by atoms with E-state index in [4.69, 9.17) is 25.4 Å². The number of hydrogen-bond donors (Lipinski definition) is 2. The van der Waals surface area contributed by atoms with Crippen LogP contribution >= 0.6 is 0 Å². The number of hydrogen-bond acceptors (Lipinski definition) is 9. The molecule has 0 spiro atoms. The number of aliphatic hydroxyl groups is 1. The number of aromatic nitrogens is 4. The van der Waals surface area contributed by atoms with Crippen molar-refractivity contribution in [3.8, 4) is 11.4 Å². The fourth-order valence-corrected chi connectivity index (χ4v) is 4.82. The molecule has 188 valence electrons. The van der Waals surface area contributed by atoms with Crippen LogP contribution in [0.3, 0.4) is 0 Å². The lowest BCUT2D eigenvalue weighted by Crippen LogP contribution is -2.41. The Bertz CT molecular complexity index is 1130. The first-order chi connectivity index (χ1) is 16.4. The summed E-state index contributed by atoms with van der Waals surface area (Å²) in [5.41, 5.74) is 8.61. The van der Waals surface area contributed by atoms with Crippen molar-refractivity contribution in [2.24, 2.45) is 5.92 Å². The van der Waals surface area contributed by atoms with E-state index in [1.54, 1.807) is 12.3 Å². The summed E-state index contributed by atoms with van der Waals surface area (Å²) in [6, 6.07) is 7.76. The lowest BCUT2D eigenvalue weighted by molar-refractivity contribution is -0.0137. The van der Waals surface area contributed by atoms with Crippen LogP contribution < -0.4 is 10.6 Å². The summed E-state index contributed by atoms with van der Waals surface area (Å²) in [7, 11) is 0. The smallest absolute Gasteiger partial charge is 0.163 e. The molecule has 5 heterocycles. The molecule has 3 aromatic rings. The van der Waals surface area contributed by atoms with Gasteiger partial charge in [0.1, 0.15) is 11.3 Å². The third kappa shape index (κ3) is 5.69. The van der Waals surface area contributed by atoms with Gasteiger partial charge in [-0.2, -0.15) is 0 Å². The van der Waals surface area contributed by atoms with E-state index in [0.717, 1.165) is 73.7 Å². The van der Waals surface area contributed by atoms with Crippen molar-refractivity contribution in [3.05, 3.63) is 36.2 Å². The van der Waals surface area contributed by atoms with Crippen LogP contribution in [0.1, 0.15) is 39.8 Å². The number of nitrogens with zero attached hydrogens (tertiary/aromatic N) is 6. The van der Waals surface area contributed by atoms with Crippen molar-refractivity contribution in [1.82, 2.24) is 24.8 Å². The number of likely N-dealkylation sites (tertiary alicyclic amines) is 1. The highest BCUT2D eigenvalue weighted by atomic mass is 16.5. The highest BCUT2D eigenvalue weighted by Crippen LogP contribution is 2.30. The average Bonchev–Trinajstić information content (AvgIpc) is 2.84. The van der Waals surface area contributed by atoms with Crippen molar-refractivity contribution < 1.29 is 9.84 Å². The van der Waals surface area contributed by atoms with Crippen molar-refractivity contribution in [2.45, 2.75) is 46.3 Å². The molecule has 0 unspecified atom stereocenters. The summed E-state index contributed by atoms with van der Waals surface area (Å²) in [5.74, 6) is 2.26. The number of rotatable bonds is 5. The van der Waals surface area contributed by atoms with E-state index in [2.05, 4.69) is 20.9 Å². The van der Waals surface area contributed by atoms with E-state index in [0.29, 0.717) is 30.8 Å². The summed E-state index contributed by atoms with van der Waals surface area (Å²) in [5, 5.41) is 10.3. The van der Waals surface area contributed by atoms with Gasteiger partial charge in [0.05, 0.1) is 30.0 Å². The Labute approximate surface area is 207 Å². The molecule has 3 N–H and O–H groups in total. The van der Waals surface area contributed by atoms with Gasteiger partial charge >= 0.3 is 0 Å². The fourth-order valence-electron chi connectivity index (χ4n) is 4.82. The van der Waals surface area contributed by atoms with E-state index in [1.165, 1.54) is 0 Å². The average molecular weight is 480 g/mol. The molecule has 2 fully saturated rings. The summed E-state index contributed by atoms with van der Waals surface area (Å²) >= 11 is 0. The van der Waals surface area contributed by atoms with Crippen LogP contribution in [0.15, 0.2) is 30.5 Å². The van der Waals surface area contributed by atoms with Gasteiger partial charge in [0, 0.05) is 31.4 Å². The summed E-state index contributed by atoms with van der Waals surface area (Å²) < 4.78 is 5.56. The lowest BCUT2D eigenvalue weighted by atomic mass is 9.83. The molecule has 0 aliphatic carbocycles. The van der Waals surface area contributed by atoms with E-state index in [1.807, 2.05) is 26.0 Å². The number of nitrogen functional groups attached to an aromatic ring is 1. The van der Waals surface area contributed by atoms with E-state index >= 15 is 0 Å². The maximum absolute atomic E-state index is 10.3. The second kappa shape index (κ2) is 10.4. The van der Waals surface area contributed by atoms with Gasteiger partial charge in [-0.25, -0.2) is 19.9 Å². The van der Waals surface area contributed by atoms with Gasteiger partial charge in [0.25, 0.3) is 0 Å². The standard InChI is InChI=1S/C25H33N7O2.CH4/c1-25(2,33)18-7-9-31(10-8-18)16-19-4-5-20-22(28-19)24(32-11-13-34-14-12-32)30-23(29-20)17-3-6-21(26)27-15-17;/h3-6,15,18,33H,7-14,16H2,1-2H3,(H2,26,27);1H4. The van der Waals surface area contributed by atoms with Gasteiger partial charge in [0.2, 0.25) is 0 Å². The molecule has 0 amide bonds. The maximum atomic E-state index is 10.3. The molecular weight excluding hydrogens is 442 g/mol. The number of anilines is 2. The fraction of sp³-hybridized carbons (Fsp3) is 0.538. The number of nitrogens with two attached hydrogens (primary N) is 1. The van der Waals surface area contributed by atoms with Crippen LogP contribution in [0.5, 0.6) is 0 Å². The molecule has 2 aliphatic rings. The zero-order valence-electron chi connectivity index (χ0n) is 19.9. The first-order valence-electron chi connectivity index (χ1n) is 12.0. The Hall–Kier alpha value is -2.88. The molecular formula is C26H37N7O2. The Morgan fingerprint density at radius 1 is 1.03 bits per heavy atom. The SMILES string of the molecule is C.CC(C)(O)C1CCN(Cc2ccc3nc(-c4ccc(N)nc4)nc(N4CCOCC4)c3n2)CC1. The molecule has 0 atom stereocenters. The molecule has 35 heavy (non-hydrogen) atoms. The van der Waals surface area contributed by atoms with Crippen LogP contribution in [0.4, 0.5) is 11.6 Å². The third-order valence-corrected chi connectivity index (χ3v) is 6.91. The Morgan fingerprint density at radius 2 is 1.77 bits per heavy atom. The zero-order valence-corrected chi connectivity index (χ0v) is 19.9. The first kappa shape index (κ1) is 25.2. The molecule has 5 rings (SSSR count). The Morgan fingerprint density at radius 3 is 2.43 bits per heavy atom. The Balaban J connectivity index is 0.00000289. The minimum absolute atomic E-state index is 0. The van der Waals surface area contributed by atoms with Gasteiger partial charge in [-0.05, 0) is 70.0 Å². The minimum atomic E-state index is -0.616. The van der Waals surface area contributed by atoms with Crippen LogP contribution in [0.25, 0.3) is 22.4 Å². The molecule has 3 aromatic heterocycles. The number of morpholine rings is 1. The zero-order chi connectivity index (χ0) is 23.7. The molecule has 0 saturated carbocycles. The molecule has 2 saturated heterocycles. The normalized spacial score (nSPS) is 18.0. The van der Waals surface area contributed by atoms with Crippen molar-refractivity contribution in [1.29, 1.82) is 0 Å². The van der Waals surface area contributed by atoms with E-state index < -0.39 is 5.60 Å². The molecule has 0 radical (unpaired) electrons. The van der Waals surface area contributed by atoms with Gasteiger partial charge in [0.15, 0.2) is 11.6 Å². The Kier molecular flexibility index (Phi) is 7.49. The van der Waals surface area contributed by atoms with Crippen molar-refractivity contribution in [2.75, 3.05) is 50.0 Å². The van der Waals surface area contributed by atoms with Crippen LogP contribution in [0, 0.1) is 5.92 Å². The molecule has 0 aromatic carbocycles. The lowest BCUT2D eigenvalue weighted by Gasteiger charge is -2.37. The van der Waals surface area contributed by atoms with E-state index in [-0.39, 0.29) is 7.43 Å². The number of pyridine rings is 2. The molecule has 0 bridgehead atoms. The van der Waals surface area contributed by atoms with Crippen LogP contribution in [-0.4, -0.2) is 74.9 Å². The number of ether oxygens (including phenoxy) is 1. The van der Waals surface area contributed by atoms with E-state index in [9.17, 15) is 5.11 Å². The van der Waals surface area contributed by atoms with Crippen molar-refractivity contribution >= 4 is 22.7 Å². The number of piperidine rings is 1. The maximum Gasteiger partial charge on any atom is 0.163 e. The van der Waals surface area contributed by atoms with Crippen LogP contribution in [0.2, 0.25) is 0 Å². The first-order valence-corrected chi connectivity index (χ1v) is 12.0. The second-order valence-corrected chi connectivity index (χ2v) is 9.82. The predicted octanol–water partition coefficient (Wildman–Crippen LogP) is 3.12. The summed E-state index contributed by atoms with van der Waals surface area (Å²) in [4.78, 5) is 23.6. The topological polar surface area (TPSA) is 114 Å². The largest absolute Gasteiger partial charge is 0.390 e. The van der Waals surface area contributed by atoms with Gasteiger partial charge in [-0.15, -0.1) is 0 Å². The van der Waals surface area contributed by atoms with Gasteiger partial charge < -0.3 is 20.5 Å². The second-order valence-electron chi connectivity index (χ2n) is 9.82. The van der Waals surface area contributed by atoms with Gasteiger partial charge in [-0.3, -0.25) is 4.90 Å². The highest BCUT2D eigenvalue weighted by molar-refractivity contribution is 5.87. The quantitative estimate of drug-likeness (QED) is 0.570. The highest BCUT2D eigenvalue weighted by Gasteiger charge is 2.30. The molecule has 2 aliphatic heterocycles. The number of fused-ring (bicyclic) bond motifs is 1.